The van der Waals surface area contributed by atoms with Crippen molar-refractivity contribution >= 4 is 34.6 Å². The van der Waals surface area contributed by atoms with Crippen LogP contribution in [0.1, 0.15) is 25.0 Å². The van der Waals surface area contributed by atoms with Gasteiger partial charge < -0.3 is 14.8 Å². The molecule has 0 spiro atoms. The molecule has 1 aromatic heterocycles. The molecule has 1 aromatic rings. The van der Waals surface area contributed by atoms with E-state index >= 15 is 0 Å². The summed E-state index contributed by atoms with van der Waals surface area (Å²) >= 11 is 2.06. The number of amides is 1. The predicted molar refractivity (Wildman–Crippen MR) is 72.3 cm³/mol. The normalized spacial score (nSPS) is 18.0. The molecule has 0 aromatic carbocycles. The monoisotopic (exact) mass is 347 g/mol. The molecule has 1 fully saturated rings. The van der Waals surface area contributed by atoms with Crippen molar-refractivity contribution in [3.63, 3.8) is 0 Å². The van der Waals surface area contributed by atoms with E-state index in [1.165, 1.54) is 6.08 Å². The lowest BCUT2D eigenvalue weighted by atomic mass is 9.80. The van der Waals surface area contributed by atoms with E-state index in [1.54, 1.807) is 12.1 Å². The molecule has 1 aliphatic rings. The van der Waals surface area contributed by atoms with E-state index in [1.807, 2.05) is 6.07 Å². The molecule has 1 amide bonds. The zero-order valence-electron chi connectivity index (χ0n) is 9.28. The maximum absolute atomic E-state index is 11.5. The van der Waals surface area contributed by atoms with Crippen LogP contribution in [0.4, 0.5) is 0 Å². The lowest BCUT2D eigenvalue weighted by molar-refractivity contribution is -0.118. The van der Waals surface area contributed by atoms with Gasteiger partial charge in [0.25, 0.3) is 0 Å². The number of hydrogen-bond donors (Lipinski definition) is 2. The van der Waals surface area contributed by atoms with E-state index in [0.29, 0.717) is 12.3 Å². The molecule has 0 atom stereocenters. The van der Waals surface area contributed by atoms with Gasteiger partial charge in [0.2, 0.25) is 5.91 Å². The molecule has 0 radical (unpaired) electrons. The van der Waals surface area contributed by atoms with Crippen LogP contribution in [-0.4, -0.2) is 23.2 Å². The summed E-state index contributed by atoms with van der Waals surface area (Å²) in [4.78, 5) is 11.5. The standard InChI is InChI=1S/C12H14INO3/c13-10-4-2-9(17-10)3-5-11(15)14-8-12(16)6-1-7-12/h2-5,16H,1,6-8H2,(H,14,15). The molecule has 17 heavy (non-hydrogen) atoms. The zero-order valence-corrected chi connectivity index (χ0v) is 11.4. The number of halogens is 1. The highest BCUT2D eigenvalue weighted by Gasteiger charge is 2.34. The Morgan fingerprint density at radius 2 is 2.35 bits per heavy atom. The Morgan fingerprint density at radius 1 is 1.59 bits per heavy atom. The minimum atomic E-state index is -0.677. The summed E-state index contributed by atoms with van der Waals surface area (Å²) in [5, 5.41) is 12.5. The summed E-state index contributed by atoms with van der Waals surface area (Å²) in [6.45, 7) is 0.325. The molecule has 1 aliphatic carbocycles. The number of furan rings is 1. The smallest absolute Gasteiger partial charge is 0.244 e. The van der Waals surface area contributed by atoms with E-state index in [-0.39, 0.29) is 5.91 Å². The Labute approximate surface area is 113 Å². The molecule has 0 saturated heterocycles. The molecule has 0 aliphatic heterocycles. The first-order valence-corrected chi connectivity index (χ1v) is 6.59. The minimum Gasteiger partial charge on any atom is -0.451 e. The van der Waals surface area contributed by atoms with Gasteiger partial charge in [-0.05, 0) is 60.1 Å². The molecule has 0 unspecified atom stereocenters. The molecule has 92 valence electrons. The molecule has 1 saturated carbocycles. The fourth-order valence-corrected chi connectivity index (χ4v) is 2.08. The first-order chi connectivity index (χ1) is 8.07. The highest BCUT2D eigenvalue weighted by molar-refractivity contribution is 14.1. The summed E-state index contributed by atoms with van der Waals surface area (Å²) in [6.07, 6.45) is 5.60. The van der Waals surface area contributed by atoms with Gasteiger partial charge in [-0.1, -0.05) is 0 Å². The molecule has 5 heteroatoms. The van der Waals surface area contributed by atoms with Crippen molar-refractivity contribution < 1.29 is 14.3 Å². The van der Waals surface area contributed by atoms with Crippen molar-refractivity contribution in [2.24, 2.45) is 0 Å². The Bertz CT molecular complexity index is 435. The first-order valence-electron chi connectivity index (χ1n) is 5.51. The van der Waals surface area contributed by atoms with Gasteiger partial charge in [0, 0.05) is 12.6 Å². The van der Waals surface area contributed by atoms with Crippen molar-refractivity contribution in [3.05, 3.63) is 27.7 Å². The van der Waals surface area contributed by atoms with Gasteiger partial charge in [-0.15, -0.1) is 0 Å². The van der Waals surface area contributed by atoms with Gasteiger partial charge in [-0.3, -0.25) is 4.79 Å². The third-order valence-electron chi connectivity index (χ3n) is 2.87. The van der Waals surface area contributed by atoms with Crippen molar-refractivity contribution in [1.29, 1.82) is 0 Å². The second-order valence-electron chi connectivity index (χ2n) is 4.27. The Balaban J connectivity index is 1.79. The molecule has 2 rings (SSSR count). The van der Waals surface area contributed by atoms with Gasteiger partial charge >= 0.3 is 0 Å². The van der Waals surface area contributed by atoms with Crippen LogP contribution in [0.25, 0.3) is 6.08 Å². The number of nitrogens with one attached hydrogen (secondary N) is 1. The van der Waals surface area contributed by atoms with Crippen LogP contribution >= 0.6 is 22.6 Å². The maximum Gasteiger partial charge on any atom is 0.244 e. The fourth-order valence-electron chi connectivity index (χ4n) is 1.65. The first kappa shape index (κ1) is 12.6. The Morgan fingerprint density at radius 3 is 2.88 bits per heavy atom. The maximum atomic E-state index is 11.5. The third kappa shape index (κ3) is 3.57. The van der Waals surface area contributed by atoms with E-state index in [4.69, 9.17) is 4.42 Å². The molecule has 4 nitrogen and oxygen atoms in total. The largest absolute Gasteiger partial charge is 0.451 e. The zero-order chi connectivity index (χ0) is 12.3. The number of carbonyl (C=O) groups excluding carboxylic acids is 1. The van der Waals surface area contributed by atoms with Gasteiger partial charge in [0.1, 0.15) is 5.76 Å². The van der Waals surface area contributed by atoms with Crippen molar-refractivity contribution in [1.82, 2.24) is 5.32 Å². The van der Waals surface area contributed by atoms with Crippen LogP contribution < -0.4 is 5.32 Å². The van der Waals surface area contributed by atoms with Crippen LogP contribution in [0, 0.1) is 3.77 Å². The van der Waals surface area contributed by atoms with Gasteiger partial charge in [0.05, 0.1) is 5.60 Å². The average molecular weight is 347 g/mol. The number of hydrogen-bond acceptors (Lipinski definition) is 3. The van der Waals surface area contributed by atoms with Crippen molar-refractivity contribution in [2.75, 3.05) is 6.54 Å². The van der Waals surface area contributed by atoms with Crippen LogP contribution in [0.5, 0.6) is 0 Å². The number of aliphatic hydroxyl groups is 1. The van der Waals surface area contributed by atoms with E-state index < -0.39 is 5.60 Å². The van der Waals surface area contributed by atoms with Crippen LogP contribution in [-0.2, 0) is 4.79 Å². The minimum absolute atomic E-state index is 0.211. The lowest BCUT2D eigenvalue weighted by Crippen LogP contribution is -2.47. The molecule has 0 bridgehead atoms. The van der Waals surface area contributed by atoms with E-state index in [9.17, 15) is 9.90 Å². The predicted octanol–water partition coefficient (Wildman–Crippen LogP) is 1.93. The summed E-state index contributed by atoms with van der Waals surface area (Å²) < 4.78 is 6.07. The lowest BCUT2D eigenvalue weighted by Gasteiger charge is -2.36. The second-order valence-corrected chi connectivity index (χ2v) is 5.33. The summed E-state index contributed by atoms with van der Waals surface area (Å²) in [5.41, 5.74) is -0.677. The quantitative estimate of drug-likeness (QED) is 0.646. The highest BCUT2D eigenvalue weighted by atomic mass is 127. The third-order valence-corrected chi connectivity index (χ3v) is 3.45. The Hall–Kier alpha value is -0.820. The molecular formula is C12H14INO3. The van der Waals surface area contributed by atoms with Crippen LogP contribution in [0.3, 0.4) is 0 Å². The highest BCUT2D eigenvalue weighted by Crippen LogP contribution is 2.30. The number of carbonyl (C=O) groups is 1. The summed E-state index contributed by atoms with van der Waals surface area (Å²) in [6, 6.07) is 3.63. The Kier molecular flexibility index (Phi) is 3.88. The van der Waals surface area contributed by atoms with Crippen molar-refractivity contribution in [3.8, 4) is 0 Å². The molecular weight excluding hydrogens is 333 g/mol. The summed E-state index contributed by atoms with van der Waals surface area (Å²) in [7, 11) is 0. The topological polar surface area (TPSA) is 62.5 Å². The van der Waals surface area contributed by atoms with Gasteiger partial charge in [-0.2, -0.15) is 0 Å². The molecule has 1 heterocycles. The molecule has 2 N–H and O–H groups in total. The van der Waals surface area contributed by atoms with E-state index in [0.717, 1.165) is 23.0 Å². The van der Waals surface area contributed by atoms with E-state index in [2.05, 4.69) is 27.9 Å². The van der Waals surface area contributed by atoms with Crippen LogP contribution in [0.2, 0.25) is 0 Å². The van der Waals surface area contributed by atoms with Gasteiger partial charge in [-0.25, -0.2) is 0 Å². The SMILES string of the molecule is O=C(C=Cc1ccc(I)o1)NCC1(O)CCC1. The van der Waals surface area contributed by atoms with Gasteiger partial charge in [0.15, 0.2) is 3.77 Å². The summed E-state index contributed by atoms with van der Waals surface area (Å²) in [5.74, 6) is 0.434. The average Bonchev–Trinajstić information content (AvgIpc) is 2.67. The number of rotatable bonds is 4. The van der Waals surface area contributed by atoms with Crippen LogP contribution in [0.15, 0.2) is 22.6 Å². The second kappa shape index (κ2) is 5.22. The fraction of sp³-hybridized carbons (Fsp3) is 0.417. The van der Waals surface area contributed by atoms with Crippen molar-refractivity contribution in [2.45, 2.75) is 24.9 Å².